The predicted molar refractivity (Wildman–Crippen MR) is 140 cm³/mol. The molecule has 10 heteroatoms. The fraction of sp³-hybridized carbons (Fsp3) is 0.500. The smallest absolute Gasteiger partial charge is 0.319 e. The topological polar surface area (TPSA) is 91.9 Å². The molecule has 38 heavy (non-hydrogen) atoms. The first-order valence-electron chi connectivity index (χ1n) is 13.0. The van der Waals surface area contributed by atoms with Crippen molar-refractivity contribution in [2.75, 3.05) is 38.0 Å². The van der Waals surface area contributed by atoms with Crippen molar-refractivity contribution in [2.45, 2.75) is 49.7 Å². The highest BCUT2D eigenvalue weighted by Gasteiger charge is 2.51. The van der Waals surface area contributed by atoms with Crippen LogP contribution < -0.4 is 20.7 Å². The number of fused-ring (bicyclic) bond motifs is 3. The number of benzene rings is 2. The van der Waals surface area contributed by atoms with Gasteiger partial charge in [0.1, 0.15) is 5.75 Å². The number of nitrogens with zero attached hydrogens (tertiary/aromatic N) is 1. The van der Waals surface area contributed by atoms with Crippen LogP contribution in [0.1, 0.15) is 37.3 Å². The lowest BCUT2D eigenvalue weighted by Crippen LogP contribution is -2.54. The third-order valence-corrected chi connectivity index (χ3v) is 8.02. The zero-order chi connectivity index (χ0) is 26.9. The van der Waals surface area contributed by atoms with Gasteiger partial charge in [0, 0.05) is 49.8 Å². The van der Waals surface area contributed by atoms with Gasteiger partial charge in [-0.1, -0.05) is 18.2 Å². The predicted octanol–water partition coefficient (Wildman–Crippen LogP) is 4.65. The molecule has 204 valence electrons. The first-order valence-corrected chi connectivity index (χ1v) is 13.0. The summed E-state index contributed by atoms with van der Waals surface area (Å²) in [6.45, 7) is 0.950. The maximum atomic E-state index is 14.6. The molecule has 1 aliphatic carbocycles. The van der Waals surface area contributed by atoms with Gasteiger partial charge in [0.05, 0.1) is 31.7 Å². The number of amides is 3. The van der Waals surface area contributed by atoms with Crippen molar-refractivity contribution in [3.8, 4) is 5.75 Å². The Morgan fingerprint density at radius 3 is 2.61 bits per heavy atom. The molecule has 2 heterocycles. The molecule has 0 spiro atoms. The van der Waals surface area contributed by atoms with Crippen molar-refractivity contribution in [1.29, 1.82) is 0 Å². The lowest BCUT2D eigenvalue weighted by molar-refractivity contribution is -0.146. The van der Waals surface area contributed by atoms with E-state index in [1.54, 1.807) is 43.4 Å². The molecule has 0 bridgehead atoms. The molecule has 2 aliphatic heterocycles. The monoisotopic (exact) mass is 528 g/mol. The van der Waals surface area contributed by atoms with Gasteiger partial charge < -0.3 is 30.3 Å². The van der Waals surface area contributed by atoms with Gasteiger partial charge in [-0.3, -0.25) is 4.79 Å². The number of carbonyl (C=O) groups excluding carboxylic acids is 2. The van der Waals surface area contributed by atoms with Crippen LogP contribution in [0.15, 0.2) is 48.5 Å². The van der Waals surface area contributed by atoms with Crippen LogP contribution in [0.2, 0.25) is 0 Å². The summed E-state index contributed by atoms with van der Waals surface area (Å²) < 4.78 is 39.8. The van der Waals surface area contributed by atoms with Crippen LogP contribution in [0, 0.1) is 11.8 Å². The number of nitrogens with one attached hydrogen (secondary N) is 3. The highest BCUT2D eigenvalue weighted by Crippen LogP contribution is 2.48. The molecule has 3 amide bonds. The Kier molecular flexibility index (Phi) is 7.43. The number of para-hydroxylation sites is 1. The Morgan fingerprint density at radius 1 is 1.11 bits per heavy atom. The van der Waals surface area contributed by atoms with E-state index in [1.165, 1.54) is 0 Å². The Labute approximate surface area is 221 Å². The van der Waals surface area contributed by atoms with Crippen molar-refractivity contribution in [3.63, 3.8) is 0 Å². The van der Waals surface area contributed by atoms with Gasteiger partial charge in [-0.2, -0.15) is 0 Å². The maximum Gasteiger partial charge on any atom is 0.319 e. The second-order valence-corrected chi connectivity index (χ2v) is 10.4. The first-order chi connectivity index (χ1) is 18.3. The van der Waals surface area contributed by atoms with Gasteiger partial charge in [0.2, 0.25) is 11.8 Å². The summed E-state index contributed by atoms with van der Waals surface area (Å²) in [7, 11) is 3.19. The van der Waals surface area contributed by atoms with Gasteiger partial charge in [-0.15, -0.1) is 0 Å². The van der Waals surface area contributed by atoms with Crippen molar-refractivity contribution in [2.24, 2.45) is 11.8 Å². The summed E-state index contributed by atoms with van der Waals surface area (Å²) in [6.07, 6.45) is -0.204. The van der Waals surface area contributed by atoms with E-state index in [9.17, 15) is 18.4 Å². The number of carbonyl (C=O) groups is 2. The normalized spacial score (nSPS) is 27.5. The summed E-state index contributed by atoms with van der Waals surface area (Å²) in [6, 6.07) is 13.1. The molecule has 1 saturated heterocycles. The third kappa shape index (κ3) is 5.27. The van der Waals surface area contributed by atoms with E-state index >= 15 is 0 Å². The number of halogens is 2. The first kappa shape index (κ1) is 26.2. The van der Waals surface area contributed by atoms with E-state index < -0.39 is 30.3 Å². The van der Waals surface area contributed by atoms with Crippen LogP contribution in [0.25, 0.3) is 0 Å². The van der Waals surface area contributed by atoms with Crippen molar-refractivity contribution >= 4 is 23.3 Å². The molecular weight excluding hydrogens is 494 g/mol. The zero-order valence-electron chi connectivity index (χ0n) is 21.6. The minimum atomic E-state index is -2.96. The molecule has 2 aromatic carbocycles. The third-order valence-electron chi connectivity index (χ3n) is 8.02. The highest BCUT2D eigenvalue weighted by atomic mass is 19.3. The van der Waals surface area contributed by atoms with Gasteiger partial charge in [0.25, 0.3) is 0 Å². The second-order valence-electron chi connectivity index (χ2n) is 10.4. The van der Waals surface area contributed by atoms with E-state index in [1.807, 2.05) is 24.3 Å². The number of alkyl halides is 2. The molecule has 8 nitrogen and oxygen atoms in total. The van der Waals surface area contributed by atoms with Gasteiger partial charge in [-0.25, -0.2) is 13.6 Å². The van der Waals surface area contributed by atoms with Crippen LogP contribution in [-0.2, 0) is 9.53 Å². The summed E-state index contributed by atoms with van der Waals surface area (Å²) >= 11 is 0. The number of ether oxygens (including phenoxy) is 2. The van der Waals surface area contributed by atoms with E-state index in [-0.39, 0.29) is 36.8 Å². The quantitative estimate of drug-likeness (QED) is 0.508. The average molecular weight is 529 g/mol. The second kappa shape index (κ2) is 10.8. The van der Waals surface area contributed by atoms with E-state index in [0.717, 1.165) is 17.7 Å². The average Bonchev–Trinajstić information content (AvgIpc) is 3.36. The van der Waals surface area contributed by atoms with Crippen LogP contribution in [0.5, 0.6) is 5.75 Å². The Hall–Kier alpha value is -3.40. The molecule has 3 N–H and O–H groups in total. The minimum absolute atomic E-state index is 0.00898. The fourth-order valence-corrected chi connectivity index (χ4v) is 6.21. The molecule has 0 radical (unpaired) electrons. The number of likely N-dealkylation sites (tertiary alicyclic amines) is 1. The number of hydrogen-bond acceptors (Lipinski definition) is 5. The number of methoxy groups -OCH3 is 2. The molecule has 0 aromatic heterocycles. The molecule has 5 atom stereocenters. The van der Waals surface area contributed by atoms with Crippen molar-refractivity contribution in [1.82, 2.24) is 10.2 Å². The SMILES string of the molecule is COC[C@@H]1Nc2ccccc2[C@H]2[C@@H]1CCN2C(=O)[C@H]1CC(F)(F)CC[C@H]1NC(=O)Nc1ccc(OC)cc1. The number of rotatable bonds is 6. The van der Waals surface area contributed by atoms with Crippen LogP contribution in [-0.4, -0.2) is 62.2 Å². The summed E-state index contributed by atoms with van der Waals surface area (Å²) in [4.78, 5) is 28.6. The molecule has 2 fully saturated rings. The summed E-state index contributed by atoms with van der Waals surface area (Å²) in [5, 5.41) is 9.07. The van der Waals surface area contributed by atoms with Crippen LogP contribution in [0.4, 0.5) is 25.0 Å². The lowest BCUT2D eigenvalue weighted by Gasteiger charge is -2.42. The number of urea groups is 1. The number of hydrogen-bond donors (Lipinski definition) is 3. The standard InChI is InChI=1S/C28H34F2N4O4/c1-37-16-24-20-12-14-34(25(20)19-5-3-4-6-22(19)32-24)26(35)21-15-28(29,30)13-11-23(21)33-27(36)31-17-7-9-18(38-2)10-8-17/h3-10,20-21,23-25,32H,11-16H2,1-2H3,(H2,31,33,36)/t20-,21+,23-,24+,25+/m1/s1. The maximum absolute atomic E-state index is 14.6. The number of anilines is 2. The summed E-state index contributed by atoms with van der Waals surface area (Å²) in [5.74, 6) is -3.58. The van der Waals surface area contributed by atoms with E-state index in [4.69, 9.17) is 9.47 Å². The van der Waals surface area contributed by atoms with Gasteiger partial charge in [-0.05, 0) is 48.7 Å². The molecule has 2 aromatic rings. The highest BCUT2D eigenvalue weighted by molar-refractivity contribution is 5.90. The van der Waals surface area contributed by atoms with Crippen LogP contribution >= 0.6 is 0 Å². The van der Waals surface area contributed by atoms with Crippen molar-refractivity contribution < 1.29 is 27.8 Å². The van der Waals surface area contributed by atoms with E-state index in [0.29, 0.717) is 24.6 Å². The Balaban J connectivity index is 1.35. The van der Waals surface area contributed by atoms with Gasteiger partial charge >= 0.3 is 6.03 Å². The van der Waals surface area contributed by atoms with Crippen molar-refractivity contribution in [3.05, 3.63) is 54.1 Å². The summed E-state index contributed by atoms with van der Waals surface area (Å²) in [5.41, 5.74) is 2.45. The molecule has 1 saturated carbocycles. The minimum Gasteiger partial charge on any atom is -0.497 e. The van der Waals surface area contributed by atoms with Gasteiger partial charge in [0.15, 0.2) is 0 Å². The largest absolute Gasteiger partial charge is 0.497 e. The van der Waals surface area contributed by atoms with E-state index in [2.05, 4.69) is 16.0 Å². The Bertz CT molecular complexity index is 1160. The molecule has 0 unspecified atom stereocenters. The fourth-order valence-electron chi connectivity index (χ4n) is 6.21. The molecular formula is C28H34F2N4O4. The Morgan fingerprint density at radius 2 is 1.87 bits per heavy atom. The zero-order valence-corrected chi connectivity index (χ0v) is 21.6. The lowest BCUT2D eigenvalue weighted by atomic mass is 9.80. The van der Waals surface area contributed by atoms with Crippen LogP contribution in [0.3, 0.4) is 0 Å². The molecule has 3 aliphatic rings. The molecule has 5 rings (SSSR count).